The number of carbonyl (C=O) groups excluding carboxylic acids is 1. The van der Waals surface area contributed by atoms with Crippen LogP contribution in [0.3, 0.4) is 0 Å². The molecule has 11 heteroatoms. The summed E-state index contributed by atoms with van der Waals surface area (Å²) in [6, 6.07) is 0. The number of esters is 1. The zero-order chi connectivity index (χ0) is 21.6. The van der Waals surface area contributed by atoms with Gasteiger partial charge in [-0.25, -0.2) is 4.57 Å². The average Bonchev–Trinajstić information content (AvgIpc) is 2.56. The third-order valence-corrected chi connectivity index (χ3v) is 4.70. The third kappa shape index (κ3) is 17.1. The molecule has 0 aliphatic carbocycles. The van der Waals surface area contributed by atoms with Gasteiger partial charge in [0.1, 0.15) is 19.3 Å². The number of rotatable bonds is 17. The first-order chi connectivity index (χ1) is 12.9. The molecule has 0 bridgehead atoms. The lowest BCUT2D eigenvalue weighted by molar-refractivity contribution is -0.870. The molecule has 0 aromatic carbocycles. The van der Waals surface area contributed by atoms with Gasteiger partial charge in [-0.1, -0.05) is 19.3 Å². The Morgan fingerprint density at radius 2 is 1.57 bits per heavy atom. The van der Waals surface area contributed by atoms with E-state index >= 15 is 0 Å². The number of ether oxygens (including phenoxy) is 1. The quantitative estimate of drug-likeness (QED) is 0.136. The molecule has 3 N–H and O–H groups in total. The number of nitrogens with zero attached hydrogens (tertiary/aromatic N) is 1. The molecule has 0 spiro atoms. The minimum absolute atomic E-state index is 0.0212. The number of phosphoric acid groups is 1. The average molecular weight is 428 g/mol. The van der Waals surface area contributed by atoms with E-state index in [1.165, 1.54) is 0 Å². The molecular weight excluding hydrogens is 393 g/mol. The minimum Gasteiger partial charge on any atom is -0.481 e. The molecule has 0 aromatic rings. The summed E-state index contributed by atoms with van der Waals surface area (Å²) >= 11 is 0. The van der Waals surface area contributed by atoms with Crippen molar-refractivity contribution < 1.29 is 47.5 Å². The molecule has 2 atom stereocenters. The van der Waals surface area contributed by atoms with Gasteiger partial charge in [0.2, 0.25) is 0 Å². The maximum Gasteiger partial charge on any atom is 0.472 e. The van der Waals surface area contributed by atoms with Crippen LogP contribution in [0, 0.1) is 0 Å². The number of carboxylic acid groups (broad SMARTS) is 1. The standard InChI is InChI=1S/C17H34NO9P/c1-18(2,3)11-12-25-28(23,24)26-14-15(13-19)27-17(22)10-8-6-4-5-7-9-16(20)21/h15,19H,4-14H2,1-3H3,(H-,20,21,23,24)/p+1/t15-/m1/s1. The summed E-state index contributed by atoms with van der Waals surface area (Å²) in [6.45, 7) is -0.467. The molecule has 0 aliphatic rings. The summed E-state index contributed by atoms with van der Waals surface area (Å²) in [5, 5.41) is 17.8. The molecule has 0 saturated carbocycles. The number of carboxylic acids is 1. The van der Waals surface area contributed by atoms with Gasteiger partial charge in [-0.05, 0) is 12.8 Å². The number of quaternary nitrogens is 1. The highest BCUT2D eigenvalue weighted by Crippen LogP contribution is 2.43. The van der Waals surface area contributed by atoms with Crippen LogP contribution in [0.5, 0.6) is 0 Å². The lowest BCUT2D eigenvalue weighted by Gasteiger charge is -2.24. The Morgan fingerprint density at radius 3 is 2.11 bits per heavy atom. The molecule has 0 rings (SSSR count). The van der Waals surface area contributed by atoms with Gasteiger partial charge in [-0.15, -0.1) is 0 Å². The Hall–Kier alpha value is -1.03. The molecule has 166 valence electrons. The van der Waals surface area contributed by atoms with Crippen LogP contribution in [0.1, 0.15) is 44.9 Å². The zero-order valence-corrected chi connectivity index (χ0v) is 17.9. The van der Waals surface area contributed by atoms with E-state index in [2.05, 4.69) is 0 Å². The van der Waals surface area contributed by atoms with Gasteiger partial charge in [0, 0.05) is 12.8 Å². The van der Waals surface area contributed by atoms with E-state index in [4.69, 9.17) is 18.9 Å². The van der Waals surface area contributed by atoms with Crippen LogP contribution in [0.2, 0.25) is 0 Å². The highest BCUT2D eigenvalue weighted by Gasteiger charge is 2.25. The number of carbonyl (C=O) groups is 2. The second-order valence-electron chi connectivity index (χ2n) is 7.57. The van der Waals surface area contributed by atoms with Crippen molar-refractivity contribution in [2.45, 2.75) is 51.0 Å². The molecule has 0 amide bonds. The van der Waals surface area contributed by atoms with Crippen molar-refractivity contribution in [1.82, 2.24) is 0 Å². The summed E-state index contributed by atoms with van der Waals surface area (Å²) in [7, 11) is 1.43. The molecule has 0 heterocycles. The number of aliphatic hydroxyl groups is 1. The van der Waals surface area contributed by atoms with Gasteiger partial charge in [0.15, 0.2) is 0 Å². The Kier molecular flexibility index (Phi) is 13.5. The van der Waals surface area contributed by atoms with Crippen LogP contribution in [0.15, 0.2) is 0 Å². The number of aliphatic hydroxyl groups excluding tert-OH is 1. The Labute approximate surface area is 166 Å². The summed E-state index contributed by atoms with van der Waals surface area (Å²) < 4.78 is 27.0. The first-order valence-electron chi connectivity index (χ1n) is 9.39. The van der Waals surface area contributed by atoms with Crippen LogP contribution in [-0.2, 0) is 27.9 Å². The van der Waals surface area contributed by atoms with E-state index in [1.54, 1.807) is 0 Å². The fraction of sp³-hybridized carbons (Fsp3) is 0.882. The van der Waals surface area contributed by atoms with Crippen molar-refractivity contribution >= 4 is 19.8 Å². The monoisotopic (exact) mass is 428 g/mol. The van der Waals surface area contributed by atoms with Crippen LogP contribution in [0.25, 0.3) is 0 Å². The first-order valence-corrected chi connectivity index (χ1v) is 10.9. The van der Waals surface area contributed by atoms with Crippen molar-refractivity contribution in [2.75, 3.05) is 47.5 Å². The largest absolute Gasteiger partial charge is 0.481 e. The Balaban J connectivity index is 3.98. The zero-order valence-electron chi connectivity index (χ0n) is 17.0. The van der Waals surface area contributed by atoms with Gasteiger partial charge < -0.3 is 24.3 Å². The summed E-state index contributed by atoms with van der Waals surface area (Å²) in [6.07, 6.45) is 2.81. The van der Waals surface area contributed by atoms with Crippen LogP contribution < -0.4 is 0 Å². The van der Waals surface area contributed by atoms with Crippen LogP contribution >= 0.6 is 7.82 Å². The number of likely N-dealkylation sites (N-methyl/N-ethyl adjacent to an activating group) is 1. The fourth-order valence-electron chi connectivity index (χ4n) is 2.09. The number of hydrogen-bond donors (Lipinski definition) is 3. The number of hydrogen-bond acceptors (Lipinski definition) is 7. The van der Waals surface area contributed by atoms with E-state index < -0.39 is 39.1 Å². The molecule has 0 aliphatic heterocycles. The lowest BCUT2D eigenvalue weighted by Crippen LogP contribution is -2.37. The molecule has 1 unspecified atom stereocenters. The van der Waals surface area contributed by atoms with Gasteiger partial charge in [0.05, 0.1) is 34.4 Å². The first kappa shape index (κ1) is 27.0. The fourth-order valence-corrected chi connectivity index (χ4v) is 2.83. The van der Waals surface area contributed by atoms with Gasteiger partial charge in [0.25, 0.3) is 0 Å². The second-order valence-corrected chi connectivity index (χ2v) is 9.02. The van der Waals surface area contributed by atoms with E-state index in [0.29, 0.717) is 23.9 Å². The number of phosphoric ester groups is 1. The molecule has 0 radical (unpaired) electrons. The Bertz CT molecular complexity index is 507. The number of unbranched alkanes of at least 4 members (excludes halogenated alkanes) is 4. The normalized spacial score (nSPS) is 15.0. The minimum atomic E-state index is -4.29. The molecule has 28 heavy (non-hydrogen) atoms. The predicted octanol–water partition coefficient (Wildman–Crippen LogP) is 1.55. The maximum atomic E-state index is 11.8. The predicted molar refractivity (Wildman–Crippen MR) is 102 cm³/mol. The molecule has 10 nitrogen and oxygen atoms in total. The second kappa shape index (κ2) is 14.0. The van der Waals surface area contributed by atoms with Crippen molar-refractivity contribution in [1.29, 1.82) is 0 Å². The van der Waals surface area contributed by atoms with E-state index in [9.17, 15) is 24.2 Å². The number of aliphatic carboxylic acids is 1. The highest BCUT2D eigenvalue weighted by molar-refractivity contribution is 7.47. The molecule has 0 saturated heterocycles. The summed E-state index contributed by atoms with van der Waals surface area (Å²) in [4.78, 5) is 31.8. The molecule has 0 fully saturated rings. The van der Waals surface area contributed by atoms with Crippen molar-refractivity contribution in [2.24, 2.45) is 0 Å². The smallest absolute Gasteiger partial charge is 0.472 e. The van der Waals surface area contributed by atoms with Crippen molar-refractivity contribution in [3.05, 3.63) is 0 Å². The van der Waals surface area contributed by atoms with E-state index in [0.717, 1.165) is 19.3 Å². The topological polar surface area (TPSA) is 140 Å². The van der Waals surface area contributed by atoms with E-state index in [-0.39, 0.29) is 19.4 Å². The van der Waals surface area contributed by atoms with Gasteiger partial charge in [-0.2, -0.15) is 0 Å². The van der Waals surface area contributed by atoms with Crippen molar-refractivity contribution in [3.63, 3.8) is 0 Å². The third-order valence-electron chi connectivity index (χ3n) is 3.71. The Morgan fingerprint density at radius 1 is 1.00 bits per heavy atom. The molecular formula is C17H35NO9P+. The van der Waals surface area contributed by atoms with Gasteiger partial charge in [-0.3, -0.25) is 18.6 Å². The summed E-state index contributed by atoms with van der Waals surface area (Å²) in [5.74, 6) is -1.35. The van der Waals surface area contributed by atoms with Gasteiger partial charge >= 0.3 is 19.8 Å². The van der Waals surface area contributed by atoms with Crippen LogP contribution in [0.4, 0.5) is 0 Å². The lowest BCUT2D eigenvalue weighted by atomic mass is 10.1. The SMILES string of the molecule is C[N+](C)(C)CCOP(=O)(O)OC[C@@H](CO)OC(=O)CCCCCCCC(=O)O. The van der Waals surface area contributed by atoms with Crippen LogP contribution in [-0.4, -0.2) is 85.1 Å². The van der Waals surface area contributed by atoms with E-state index in [1.807, 2.05) is 21.1 Å². The van der Waals surface area contributed by atoms with Crippen molar-refractivity contribution in [3.8, 4) is 0 Å². The summed E-state index contributed by atoms with van der Waals surface area (Å²) in [5.41, 5.74) is 0. The molecule has 0 aromatic heterocycles. The highest BCUT2D eigenvalue weighted by atomic mass is 31.2. The maximum absolute atomic E-state index is 11.8.